The number of Topliss-reactive ketones (excluding diaryl/α,β-unsaturated/α-hetero) is 2. The molecule has 0 aliphatic carbocycles. The molecular formula is C20H17N3O5. The van der Waals surface area contributed by atoms with Crippen LogP contribution in [0.3, 0.4) is 0 Å². The Bertz CT molecular complexity index is 1080. The van der Waals surface area contributed by atoms with Gasteiger partial charge in [0, 0.05) is 37.6 Å². The highest BCUT2D eigenvalue weighted by molar-refractivity contribution is 5.93. The lowest BCUT2D eigenvalue weighted by Crippen LogP contribution is -1.89. The Balaban J connectivity index is 0.000000162. The summed E-state index contributed by atoms with van der Waals surface area (Å²) in [6.07, 6.45) is 1.42. The van der Waals surface area contributed by atoms with E-state index in [-0.39, 0.29) is 17.3 Å². The average molecular weight is 379 g/mol. The first-order valence-corrected chi connectivity index (χ1v) is 8.37. The summed E-state index contributed by atoms with van der Waals surface area (Å²) in [6.45, 7) is 4.91. The predicted molar refractivity (Wildman–Crippen MR) is 98.7 cm³/mol. The zero-order valence-corrected chi connectivity index (χ0v) is 15.5. The van der Waals surface area contributed by atoms with E-state index in [1.807, 2.05) is 31.2 Å². The summed E-state index contributed by atoms with van der Waals surface area (Å²) in [5.41, 5.74) is 3.30. The van der Waals surface area contributed by atoms with Crippen LogP contribution >= 0.6 is 0 Å². The van der Waals surface area contributed by atoms with Crippen LogP contribution in [0, 0.1) is 6.92 Å². The van der Waals surface area contributed by atoms with E-state index in [0.717, 1.165) is 5.56 Å². The van der Waals surface area contributed by atoms with E-state index in [1.165, 1.54) is 31.7 Å². The summed E-state index contributed by atoms with van der Waals surface area (Å²) < 4.78 is 14.6. The van der Waals surface area contributed by atoms with Crippen LogP contribution in [-0.4, -0.2) is 27.0 Å². The summed E-state index contributed by atoms with van der Waals surface area (Å²) in [5.74, 6) is 0.828. The van der Waals surface area contributed by atoms with Crippen LogP contribution in [0.1, 0.15) is 40.4 Å². The molecule has 0 atom stereocenters. The molecule has 4 rings (SSSR count). The molecule has 1 aromatic carbocycles. The van der Waals surface area contributed by atoms with Crippen LogP contribution in [0.4, 0.5) is 0 Å². The van der Waals surface area contributed by atoms with E-state index >= 15 is 0 Å². The molecule has 8 nitrogen and oxygen atoms in total. The maximum atomic E-state index is 11.0. The van der Waals surface area contributed by atoms with Crippen molar-refractivity contribution in [3.05, 3.63) is 65.7 Å². The normalized spacial score (nSPS) is 10.2. The molecule has 0 saturated carbocycles. The smallest absolute Gasteiger partial charge is 0.189 e. The summed E-state index contributed by atoms with van der Waals surface area (Å²) in [5, 5.41) is 10.9. The summed E-state index contributed by atoms with van der Waals surface area (Å²) in [4.78, 5) is 21.9. The fourth-order valence-electron chi connectivity index (χ4n) is 2.20. The van der Waals surface area contributed by atoms with Crippen molar-refractivity contribution in [2.45, 2.75) is 20.8 Å². The van der Waals surface area contributed by atoms with Crippen LogP contribution in [0.25, 0.3) is 22.8 Å². The largest absolute Gasteiger partial charge is 0.364 e. The summed E-state index contributed by atoms with van der Waals surface area (Å²) in [7, 11) is 0. The van der Waals surface area contributed by atoms with E-state index in [9.17, 15) is 9.59 Å². The zero-order chi connectivity index (χ0) is 20.1. The number of benzene rings is 1. The molecule has 0 saturated heterocycles. The lowest BCUT2D eigenvalue weighted by molar-refractivity contribution is 0.0996. The molecule has 142 valence electrons. The Labute approximate surface area is 160 Å². The number of hydrogen-bond donors (Lipinski definition) is 0. The van der Waals surface area contributed by atoms with Gasteiger partial charge in [0.25, 0.3) is 0 Å². The highest BCUT2D eigenvalue weighted by Crippen LogP contribution is 2.21. The maximum Gasteiger partial charge on any atom is 0.189 e. The van der Waals surface area contributed by atoms with Crippen molar-refractivity contribution in [2.75, 3.05) is 0 Å². The van der Waals surface area contributed by atoms with Gasteiger partial charge < -0.3 is 13.6 Å². The monoisotopic (exact) mass is 379 g/mol. The fourth-order valence-corrected chi connectivity index (χ4v) is 2.20. The van der Waals surface area contributed by atoms with Gasteiger partial charge in [-0.2, -0.15) is 0 Å². The van der Waals surface area contributed by atoms with Gasteiger partial charge in [0.05, 0.1) is 0 Å². The van der Waals surface area contributed by atoms with E-state index in [0.29, 0.717) is 22.9 Å². The molecule has 0 amide bonds. The number of ketones is 2. The van der Waals surface area contributed by atoms with Gasteiger partial charge in [-0.25, -0.2) is 0 Å². The quantitative estimate of drug-likeness (QED) is 0.480. The minimum atomic E-state index is -0.140. The number of aromatic nitrogens is 3. The first-order valence-electron chi connectivity index (χ1n) is 8.37. The number of rotatable bonds is 4. The van der Waals surface area contributed by atoms with Crippen LogP contribution in [0.5, 0.6) is 0 Å². The third-order valence-corrected chi connectivity index (χ3v) is 3.77. The van der Waals surface area contributed by atoms with Crippen molar-refractivity contribution in [3.63, 3.8) is 0 Å². The van der Waals surface area contributed by atoms with Gasteiger partial charge in [-0.3, -0.25) is 9.59 Å². The highest BCUT2D eigenvalue weighted by atomic mass is 16.5. The van der Waals surface area contributed by atoms with Crippen molar-refractivity contribution < 1.29 is 23.2 Å². The molecule has 0 radical (unpaired) electrons. The molecule has 0 bridgehead atoms. The Morgan fingerprint density at radius 3 is 1.86 bits per heavy atom. The number of carbonyl (C=O) groups is 2. The SMILES string of the molecule is CC(=O)c1cc(-c2ccc(C)cc2)on1.CC(=O)c1cc(-c2ccon2)on1. The lowest BCUT2D eigenvalue weighted by Gasteiger charge is -1.95. The molecule has 3 aromatic heterocycles. The second kappa shape index (κ2) is 8.26. The second-order valence-electron chi connectivity index (χ2n) is 6.02. The molecule has 0 aliphatic heterocycles. The summed E-state index contributed by atoms with van der Waals surface area (Å²) >= 11 is 0. The Hall–Kier alpha value is -3.81. The molecule has 0 unspecified atom stereocenters. The molecule has 28 heavy (non-hydrogen) atoms. The van der Waals surface area contributed by atoms with Gasteiger partial charge in [-0.1, -0.05) is 45.3 Å². The number of nitrogens with zero attached hydrogens (tertiary/aromatic N) is 3. The van der Waals surface area contributed by atoms with Crippen molar-refractivity contribution in [1.82, 2.24) is 15.5 Å². The Kier molecular flexibility index (Phi) is 5.59. The third kappa shape index (κ3) is 4.47. The Morgan fingerprint density at radius 2 is 1.36 bits per heavy atom. The van der Waals surface area contributed by atoms with Gasteiger partial charge in [-0.15, -0.1) is 0 Å². The van der Waals surface area contributed by atoms with E-state index in [4.69, 9.17) is 9.05 Å². The molecule has 4 aromatic rings. The standard InChI is InChI=1S/C12H11NO2.C8H6N2O3/c1-8-3-5-10(6-4-8)12-7-11(9(2)14)13-15-12;1-5(11)7-4-8(13-10-7)6-2-3-12-9-6/h3-7H,1-2H3;2-4H,1H3. The number of aryl methyl sites for hydroxylation is 1. The second-order valence-corrected chi connectivity index (χ2v) is 6.02. The minimum absolute atomic E-state index is 0.0860. The molecule has 0 fully saturated rings. The van der Waals surface area contributed by atoms with Gasteiger partial charge >= 0.3 is 0 Å². The van der Waals surface area contributed by atoms with Crippen molar-refractivity contribution in [1.29, 1.82) is 0 Å². The van der Waals surface area contributed by atoms with Crippen LogP contribution in [0.2, 0.25) is 0 Å². The molecule has 0 N–H and O–H groups in total. The maximum absolute atomic E-state index is 11.0. The fraction of sp³-hybridized carbons (Fsp3) is 0.150. The minimum Gasteiger partial charge on any atom is -0.364 e. The first kappa shape index (κ1) is 19.0. The molecular weight excluding hydrogens is 362 g/mol. The summed E-state index contributed by atoms with van der Waals surface area (Å²) in [6, 6.07) is 12.7. The molecule has 0 spiro atoms. The van der Waals surface area contributed by atoms with E-state index < -0.39 is 0 Å². The van der Waals surface area contributed by atoms with Crippen molar-refractivity contribution in [2.24, 2.45) is 0 Å². The number of hydrogen-bond acceptors (Lipinski definition) is 8. The van der Waals surface area contributed by atoms with E-state index in [2.05, 4.69) is 20.0 Å². The average Bonchev–Trinajstić information content (AvgIpc) is 3.42. The van der Waals surface area contributed by atoms with Gasteiger partial charge in [0.2, 0.25) is 0 Å². The third-order valence-electron chi connectivity index (χ3n) is 3.77. The van der Waals surface area contributed by atoms with Crippen molar-refractivity contribution >= 4 is 11.6 Å². The Morgan fingerprint density at radius 1 is 0.786 bits per heavy atom. The predicted octanol–water partition coefficient (Wildman–Crippen LogP) is 4.38. The first-order chi connectivity index (χ1) is 13.4. The van der Waals surface area contributed by atoms with Gasteiger partial charge in [0.15, 0.2) is 28.8 Å². The van der Waals surface area contributed by atoms with Crippen LogP contribution in [-0.2, 0) is 0 Å². The molecule has 8 heteroatoms. The molecule has 0 aliphatic rings. The van der Waals surface area contributed by atoms with E-state index in [1.54, 1.807) is 12.1 Å². The zero-order valence-electron chi connectivity index (χ0n) is 15.5. The van der Waals surface area contributed by atoms with Crippen molar-refractivity contribution in [3.8, 4) is 22.8 Å². The number of carbonyl (C=O) groups excluding carboxylic acids is 2. The molecule has 3 heterocycles. The highest BCUT2D eigenvalue weighted by Gasteiger charge is 2.11. The van der Waals surface area contributed by atoms with Gasteiger partial charge in [-0.05, 0) is 6.92 Å². The topological polar surface area (TPSA) is 112 Å². The van der Waals surface area contributed by atoms with Crippen LogP contribution in [0.15, 0.2) is 62.3 Å². The van der Waals surface area contributed by atoms with Gasteiger partial charge in [0.1, 0.15) is 17.7 Å². The lowest BCUT2D eigenvalue weighted by atomic mass is 10.1. The van der Waals surface area contributed by atoms with Crippen LogP contribution < -0.4 is 0 Å².